The highest BCUT2D eigenvalue weighted by Crippen LogP contribution is 2.36. The van der Waals surface area contributed by atoms with Crippen molar-refractivity contribution in [2.24, 2.45) is 11.3 Å². The molecule has 1 nitrogen and oxygen atoms in total. The molecule has 0 N–H and O–H groups in total. The third-order valence-electron chi connectivity index (χ3n) is 2.55. The molecule has 11 heavy (non-hydrogen) atoms. The molecular weight excluding hydrogens is 136 g/mol. The Hall–Kier alpha value is -0.770. The first-order chi connectivity index (χ1) is 5.08. The number of hydrogen-bond donors (Lipinski definition) is 0. The summed E-state index contributed by atoms with van der Waals surface area (Å²) in [5, 5.41) is 0. The van der Waals surface area contributed by atoms with Gasteiger partial charge in [-0.25, -0.2) is 0 Å². The quantitative estimate of drug-likeness (QED) is 0.522. The fourth-order valence-corrected chi connectivity index (χ4v) is 1.68. The van der Waals surface area contributed by atoms with Crippen LogP contribution in [0.25, 0.3) is 0 Å². The van der Waals surface area contributed by atoms with E-state index < -0.39 is 0 Å². The molecule has 1 fully saturated rings. The molecule has 0 aromatic rings. The molecule has 0 saturated heterocycles. The van der Waals surface area contributed by atoms with Crippen LogP contribution in [0.15, 0.2) is 0 Å². The SMILES string of the molecule is C#CC(C)(C)C1CCCC1=O. The van der Waals surface area contributed by atoms with Crippen molar-refractivity contribution in [3.8, 4) is 12.3 Å². The van der Waals surface area contributed by atoms with Gasteiger partial charge in [0.2, 0.25) is 0 Å². The van der Waals surface area contributed by atoms with Crippen LogP contribution in [0.4, 0.5) is 0 Å². The zero-order valence-electron chi connectivity index (χ0n) is 7.18. The van der Waals surface area contributed by atoms with Crippen LogP contribution in [-0.4, -0.2) is 5.78 Å². The van der Waals surface area contributed by atoms with Crippen molar-refractivity contribution in [1.29, 1.82) is 0 Å². The lowest BCUT2D eigenvalue weighted by atomic mass is 9.78. The van der Waals surface area contributed by atoms with Crippen LogP contribution in [0.2, 0.25) is 0 Å². The molecule has 0 amide bonds. The Morgan fingerprint density at radius 3 is 2.64 bits per heavy atom. The van der Waals surface area contributed by atoms with E-state index in [1.165, 1.54) is 0 Å². The lowest BCUT2D eigenvalue weighted by molar-refractivity contribution is -0.122. The van der Waals surface area contributed by atoms with E-state index in [-0.39, 0.29) is 11.3 Å². The Morgan fingerprint density at radius 1 is 1.64 bits per heavy atom. The Morgan fingerprint density at radius 2 is 2.27 bits per heavy atom. The number of ketones is 1. The van der Waals surface area contributed by atoms with Gasteiger partial charge in [-0.1, -0.05) is 5.92 Å². The molecular formula is C10H14O. The third-order valence-corrected chi connectivity index (χ3v) is 2.55. The zero-order valence-corrected chi connectivity index (χ0v) is 7.18. The molecule has 1 aliphatic rings. The first-order valence-electron chi connectivity index (χ1n) is 4.08. The van der Waals surface area contributed by atoms with Crippen molar-refractivity contribution in [2.45, 2.75) is 33.1 Å². The monoisotopic (exact) mass is 150 g/mol. The first-order valence-corrected chi connectivity index (χ1v) is 4.08. The predicted molar refractivity (Wildman–Crippen MR) is 45.0 cm³/mol. The Bertz CT molecular complexity index is 207. The van der Waals surface area contributed by atoms with E-state index >= 15 is 0 Å². The lowest BCUT2D eigenvalue weighted by Gasteiger charge is -2.23. The summed E-state index contributed by atoms with van der Waals surface area (Å²) in [5.74, 6) is 3.17. The average Bonchev–Trinajstić information content (AvgIpc) is 2.36. The smallest absolute Gasteiger partial charge is 0.137 e. The first kappa shape index (κ1) is 8.33. The van der Waals surface area contributed by atoms with Crippen molar-refractivity contribution < 1.29 is 4.79 Å². The molecule has 0 heterocycles. The van der Waals surface area contributed by atoms with Gasteiger partial charge in [0.25, 0.3) is 0 Å². The second kappa shape index (κ2) is 2.70. The summed E-state index contributed by atoms with van der Waals surface area (Å²) in [6, 6.07) is 0. The van der Waals surface area contributed by atoms with E-state index in [9.17, 15) is 4.79 Å². The summed E-state index contributed by atoms with van der Waals surface area (Å²) in [4.78, 5) is 11.3. The number of carbonyl (C=O) groups excluding carboxylic acids is 1. The molecule has 1 saturated carbocycles. The maximum atomic E-state index is 11.3. The second-order valence-electron chi connectivity index (χ2n) is 3.78. The fourth-order valence-electron chi connectivity index (χ4n) is 1.68. The van der Waals surface area contributed by atoms with Crippen LogP contribution in [0, 0.1) is 23.7 Å². The average molecular weight is 150 g/mol. The van der Waals surface area contributed by atoms with Gasteiger partial charge >= 0.3 is 0 Å². The standard InChI is InChI=1S/C10H14O/c1-4-10(2,3)8-6-5-7-9(8)11/h1,8H,5-7H2,2-3H3. The summed E-state index contributed by atoms with van der Waals surface area (Å²) < 4.78 is 0. The normalized spacial score (nSPS) is 25.2. The molecule has 1 heteroatoms. The van der Waals surface area contributed by atoms with Gasteiger partial charge in [0.15, 0.2) is 0 Å². The van der Waals surface area contributed by atoms with Gasteiger partial charge in [-0.2, -0.15) is 0 Å². The van der Waals surface area contributed by atoms with Gasteiger partial charge in [-0.3, -0.25) is 4.79 Å². The molecule has 0 aliphatic heterocycles. The van der Waals surface area contributed by atoms with Crippen LogP contribution >= 0.6 is 0 Å². The molecule has 0 bridgehead atoms. The minimum atomic E-state index is -0.229. The van der Waals surface area contributed by atoms with Crippen molar-refractivity contribution >= 4 is 5.78 Å². The number of Topliss-reactive ketones (excluding diaryl/α,β-unsaturated/α-hetero) is 1. The molecule has 1 aliphatic carbocycles. The Balaban J connectivity index is 2.76. The molecule has 1 rings (SSSR count). The van der Waals surface area contributed by atoms with Crippen molar-refractivity contribution in [3.63, 3.8) is 0 Å². The second-order valence-corrected chi connectivity index (χ2v) is 3.78. The van der Waals surface area contributed by atoms with Crippen molar-refractivity contribution in [3.05, 3.63) is 0 Å². The van der Waals surface area contributed by atoms with Crippen molar-refractivity contribution in [2.75, 3.05) is 0 Å². The summed E-state index contributed by atoms with van der Waals surface area (Å²) in [6.07, 6.45) is 8.08. The van der Waals surface area contributed by atoms with Crippen LogP contribution in [0.3, 0.4) is 0 Å². The van der Waals surface area contributed by atoms with Crippen LogP contribution in [0.1, 0.15) is 33.1 Å². The Labute approximate surface area is 68.2 Å². The topological polar surface area (TPSA) is 17.1 Å². The maximum Gasteiger partial charge on any atom is 0.137 e. The number of terminal acetylenes is 1. The van der Waals surface area contributed by atoms with E-state index in [0.29, 0.717) is 5.78 Å². The molecule has 0 spiro atoms. The van der Waals surface area contributed by atoms with Crippen LogP contribution in [-0.2, 0) is 4.79 Å². The third kappa shape index (κ3) is 1.45. The minimum Gasteiger partial charge on any atom is -0.299 e. The molecule has 0 radical (unpaired) electrons. The lowest BCUT2D eigenvalue weighted by Crippen LogP contribution is -2.25. The van der Waals surface area contributed by atoms with Gasteiger partial charge in [0.05, 0.1) is 0 Å². The highest BCUT2D eigenvalue weighted by atomic mass is 16.1. The maximum absolute atomic E-state index is 11.3. The van der Waals surface area contributed by atoms with Gasteiger partial charge in [0, 0.05) is 17.8 Å². The number of hydrogen-bond acceptors (Lipinski definition) is 1. The minimum absolute atomic E-state index is 0.118. The Kier molecular flexibility index (Phi) is 2.04. The molecule has 60 valence electrons. The van der Waals surface area contributed by atoms with Crippen LogP contribution in [0.5, 0.6) is 0 Å². The number of carbonyl (C=O) groups is 1. The van der Waals surface area contributed by atoms with E-state index in [4.69, 9.17) is 6.42 Å². The van der Waals surface area contributed by atoms with E-state index in [2.05, 4.69) is 5.92 Å². The van der Waals surface area contributed by atoms with Gasteiger partial charge in [-0.05, 0) is 26.7 Å². The van der Waals surface area contributed by atoms with Gasteiger partial charge in [-0.15, -0.1) is 6.42 Å². The molecule has 1 atom stereocenters. The summed E-state index contributed by atoms with van der Waals surface area (Å²) in [6.45, 7) is 3.95. The predicted octanol–water partition coefficient (Wildman–Crippen LogP) is 2.01. The fraction of sp³-hybridized carbons (Fsp3) is 0.700. The largest absolute Gasteiger partial charge is 0.299 e. The van der Waals surface area contributed by atoms with E-state index in [1.54, 1.807) is 0 Å². The summed E-state index contributed by atoms with van der Waals surface area (Å²) in [7, 11) is 0. The summed E-state index contributed by atoms with van der Waals surface area (Å²) >= 11 is 0. The van der Waals surface area contributed by atoms with Crippen molar-refractivity contribution in [1.82, 2.24) is 0 Å². The van der Waals surface area contributed by atoms with Gasteiger partial charge < -0.3 is 0 Å². The van der Waals surface area contributed by atoms with Crippen LogP contribution < -0.4 is 0 Å². The molecule has 0 aromatic heterocycles. The highest BCUT2D eigenvalue weighted by Gasteiger charge is 2.36. The van der Waals surface area contributed by atoms with E-state index in [1.807, 2.05) is 13.8 Å². The number of rotatable bonds is 1. The summed E-state index contributed by atoms with van der Waals surface area (Å²) in [5.41, 5.74) is -0.229. The molecule has 0 aromatic carbocycles. The van der Waals surface area contributed by atoms with E-state index in [0.717, 1.165) is 19.3 Å². The molecule has 1 unspecified atom stereocenters. The van der Waals surface area contributed by atoms with Gasteiger partial charge in [0.1, 0.15) is 5.78 Å². The zero-order chi connectivity index (χ0) is 8.48. The highest BCUT2D eigenvalue weighted by molar-refractivity contribution is 5.84.